The molecule has 0 aliphatic rings. The van der Waals surface area contributed by atoms with E-state index in [1.807, 2.05) is 53.9 Å². The number of ether oxygens (including phenoxy) is 1. The van der Waals surface area contributed by atoms with Crippen molar-refractivity contribution in [3.8, 4) is 5.75 Å². The monoisotopic (exact) mass is 409 g/mol. The molecule has 3 rings (SSSR count). The van der Waals surface area contributed by atoms with Crippen molar-refractivity contribution in [3.63, 3.8) is 0 Å². The highest BCUT2D eigenvalue weighted by molar-refractivity contribution is 5.94. The SMILES string of the molecule is CCc1nc2ccc(C(=O)NCCN(C)C)cn2c1N(C)Cc1ccc(OC)cc1. The summed E-state index contributed by atoms with van der Waals surface area (Å²) in [5.74, 6) is 1.77. The molecule has 2 aromatic heterocycles. The Labute approximate surface area is 178 Å². The summed E-state index contributed by atoms with van der Waals surface area (Å²) in [4.78, 5) is 21.6. The summed E-state index contributed by atoms with van der Waals surface area (Å²) in [6, 6.07) is 11.8. The molecule has 7 heteroatoms. The summed E-state index contributed by atoms with van der Waals surface area (Å²) in [5, 5.41) is 2.98. The summed E-state index contributed by atoms with van der Waals surface area (Å²) in [7, 11) is 7.69. The molecule has 1 amide bonds. The third-order valence-electron chi connectivity index (χ3n) is 5.04. The van der Waals surface area contributed by atoms with Crippen molar-refractivity contribution in [2.24, 2.45) is 0 Å². The van der Waals surface area contributed by atoms with Gasteiger partial charge >= 0.3 is 0 Å². The number of anilines is 1. The van der Waals surface area contributed by atoms with Crippen molar-refractivity contribution in [1.29, 1.82) is 0 Å². The Morgan fingerprint density at radius 1 is 1.13 bits per heavy atom. The van der Waals surface area contributed by atoms with Gasteiger partial charge in [0.15, 0.2) is 0 Å². The first-order valence-corrected chi connectivity index (χ1v) is 10.2. The molecule has 0 bridgehead atoms. The van der Waals surface area contributed by atoms with E-state index in [4.69, 9.17) is 9.72 Å². The standard InChI is InChI=1S/C23H31N5O2/c1-6-20-23(27(4)15-17-7-10-19(30-5)11-8-17)28-16-18(9-12-21(28)25-20)22(29)24-13-14-26(2)3/h7-12,16H,6,13-15H2,1-5H3,(H,24,29). The largest absolute Gasteiger partial charge is 0.497 e. The van der Waals surface area contributed by atoms with Gasteiger partial charge in [-0.15, -0.1) is 0 Å². The summed E-state index contributed by atoms with van der Waals surface area (Å²) in [6.45, 7) is 4.23. The summed E-state index contributed by atoms with van der Waals surface area (Å²) in [6.07, 6.45) is 2.70. The first-order chi connectivity index (χ1) is 14.4. The maximum atomic E-state index is 12.6. The van der Waals surface area contributed by atoms with Crippen LogP contribution in [-0.4, -0.2) is 61.5 Å². The van der Waals surface area contributed by atoms with Crippen LogP contribution in [0.4, 0.5) is 5.82 Å². The number of imidazole rings is 1. The fourth-order valence-electron chi connectivity index (χ4n) is 3.43. The van der Waals surface area contributed by atoms with E-state index in [9.17, 15) is 4.79 Å². The number of likely N-dealkylation sites (N-methyl/N-ethyl adjacent to an activating group) is 1. The summed E-state index contributed by atoms with van der Waals surface area (Å²) >= 11 is 0. The molecule has 0 aliphatic heterocycles. The van der Waals surface area contributed by atoms with Crippen LogP contribution in [0, 0.1) is 0 Å². The molecule has 160 valence electrons. The van der Waals surface area contributed by atoms with Crippen molar-refractivity contribution >= 4 is 17.4 Å². The van der Waals surface area contributed by atoms with E-state index in [-0.39, 0.29) is 5.91 Å². The molecule has 0 spiro atoms. The van der Waals surface area contributed by atoms with Crippen molar-refractivity contribution in [2.45, 2.75) is 19.9 Å². The molecule has 7 nitrogen and oxygen atoms in total. The molecule has 3 aromatic rings. The van der Waals surface area contributed by atoms with Crippen LogP contribution < -0.4 is 15.0 Å². The quantitative estimate of drug-likeness (QED) is 0.589. The number of carbonyl (C=O) groups excluding carboxylic acids is 1. The number of fused-ring (bicyclic) bond motifs is 1. The maximum absolute atomic E-state index is 12.6. The van der Waals surface area contributed by atoms with E-state index in [1.165, 1.54) is 5.56 Å². The van der Waals surface area contributed by atoms with Crippen molar-refractivity contribution in [3.05, 3.63) is 59.4 Å². The Morgan fingerprint density at radius 3 is 2.50 bits per heavy atom. The van der Waals surface area contributed by atoms with Crippen LogP contribution in [-0.2, 0) is 13.0 Å². The molecule has 0 atom stereocenters. The minimum absolute atomic E-state index is 0.0748. The molecule has 0 fully saturated rings. The van der Waals surface area contributed by atoms with Gasteiger partial charge < -0.3 is 19.9 Å². The van der Waals surface area contributed by atoms with Crippen molar-refractivity contribution in [2.75, 3.05) is 46.2 Å². The smallest absolute Gasteiger partial charge is 0.252 e. The molecule has 2 heterocycles. The third kappa shape index (κ3) is 4.91. The van der Waals surface area contributed by atoms with E-state index in [0.29, 0.717) is 12.1 Å². The molecule has 30 heavy (non-hydrogen) atoms. The molecular weight excluding hydrogens is 378 g/mol. The van der Waals surface area contributed by atoms with Crippen molar-refractivity contribution < 1.29 is 9.53 Å². The van der Waals surface area contributed by atoms with Crippen LogP contribution in [0.25, 0.3) is 5.65 Å². The highest BCUT2D eigenvalue weighted by atomic mass is 16.5. The number of carbonyl (C=O) groups is 1. The molecule has 0 saturated heterocycles. The van der Waals surface area contributed by atoms with E-state index in [2.05, 4.69) is 36.3 Å². The average Bonchev–Trinajstić information content (AvgIpc) is 3.11. The van der Waals surface area contributed by atoms with Gasteiger partial charge in [-0.1, -0.05) is 19.1 Å². The second kappa shape index (κ2) is 9.63. The number of methoxy groups -OCH3 is 1. The lowest BCUT2D eigenvalue weighted by Crippen LogP contribution is -2.31. The Morgan fingerprint density at radius 2 is 1.87 bits per heavy atom. The number of amides is 1. The second-order valence-electron chi connectivity index (χ2n) is 7.64. The minimum atomic E-state index is -0.0748. The highest BCUT2D eigenvalue weighted by Gasteiger charge is 2.17. The Hall–Kier alpha value is -3.06. The lowest BCUT2D eigenvalue weighted by molar-refractivity contribution is 0.0950. The van der Waals surface area contributed by atoms with E-state index >= 15 is 0 Å². The van der Waals surface area contributed by atoms with Crippen LogP contribution in [0.5, 0.6) is 5.75 Å². The fraction of sp³-hybridized carbons (Fsp3) is 0.391. The zero-order chi connectivity index (χ0) is 21.7. The number of hydrogen-bond acceptors (Lipinski definition) is 5. The number of aryl methyl sites for hydroxylation is 1. The molecule has 0 radical (unpaired) electrons. The second-order valence-corrected chi connectivity index (χ2v) is 7.64. The van der Waals surface area contributed by atoms with E-state index < -0.39 is 0 Å². The van der Waals surface area contributed by atoms with Gasteiger partial charge in [0.05, 0.1) is 18.4 Å². The predicted octanol–water partition coefficient (Wildman–Crippen LogP) is 2.83. The number of nitrogens with one attached hydrogen (secondary N) is 1. The normalized spacial score (nSPS) is 11.1. The fourth-order valence-corrected chi connectivity index (χ4v) is 3.43. The third-order valence-corrected chi connectivity index (χ3v) is 5.04. The number of nitrogens with zero attached hydrogens (tertiary/aromatic N) is 4. The van der Waals surface area contributed by atoms with Gasteiger partial charge in [-0.05, 0) is 50.3 Å². The lowest BCUT2D eigenvalue weighted by atomic mass is 10.2. The molecule has 1 N–H and O–H groups in total. The zero-order valence-corrected chi connectivity index (χ0v) is 18.5. The molecule has 0 aliphatic carbocycles. The van der Waals surface area contributed by atoms with Gasteiger partial charge in [-0.2, -0.15) is 0 Å². The van der Waals surface area contributed by atoms with Gasteiger partial charge in [0, 0.05) is 32.9 Å². The van der Waals surface area contributed by atoms with Crippen LogP contribution in [0.3, 0.4) is 0 Å². The van der Waals surface area contributed by atoms with Crippen LogP contribution in [0.15, 0.2) is 42.6 Å². The number of rotatable bonds is 9. The predicted molar refractivity (Wildman–Crippen MR) is 121 cm³/mol. The molecule has 0 saturated carbocycles. The Bertz CT molecular complexity index is 995. The Kier molecular flexibility index (Phi) is 6.95. The zero-order valence-electron chi connectivity index (χ0n) is 18.5. The van der Waals surface area contributed by atoms with E-state index in [1.54, 1.807) is 7.11 Å². The summed E-state index contributed by atoms with van der Waals surface area (Å²) < 4.78 is 7.27. The Balaban J connectivity index is 1.87. The summed E-state index contributed by atoms with van der Waals surface area (Å²) in [5.41, 5.74) is 3.65. The first-order valence-electron chi connectivity index (χ1n) is 10.2. The maximum Gasteiger partial charge on any atom is 0.252 e. The lowest BCUT2D eigenvalue weighted by Gasteiger charge is -2.20. The van der Waals surface area contributed by atoms with Crippen LogP contribution in [0.1, 0.15) is 28.5 Å². The topological polar surface area (TPSA) is 62.1 Å². The number of benzene rings is 1. The number of pyridine rings is 1. The van der Waals surface area contributed by atoms with Gasteiger partial charge in [-0.3, -0.25) is 9.20 Å². The van der Waals surface area contributed by atoms with Gasteiger partial charge in [0.25, 0.3) is 5.91 Å². The molecule has 0 unspecified atom stereocenters. The van der Waals surface area contributed by atoms with E-state index in [0.717, 1.165) is 42.4 Å². The molecule has 1 aromatic carbocycles. The first kappa shape index (κ1) is 21.6. The number of aromatic nitrogens is 2. The minimum Gasteiger partial charge on any atom is -0.497 e. The number of hydrogen-bond donors (Lipinski definition) is 1. The highest BCUT2D eigenvalue weighted by Crippen LogP contribution is 2.25. The average molecular weight is 410 g/mol. The van der Waals surface area contributed by atoms with Gasteiger partial charge in [0.1, 0.15) is 17.2 Å². The van der Waals surface area contributed by atoms with Gasteiger partial charge in [0.2, 0.25) is 0 Å². The van der Waals surface area contributed by atoms with Crippen molar-refractivity contribution in [1.82, 2.24) is 19.6 Å². The van der Waals surface area contributed by atoms with Gasteiger partial charge in [-0.25, -0.2) is 4.98 Å². The van der Waals surface area contributed by atoms with Crippen LogP contribution in [0.2, 0.25) is 0 Å². The molecular formula is C23H31N5O2. The van der Waals surface area contributed by atoms with Crippen LogP contribution >= 0.6 is 0 Å².